The molecule has 0 radical (unpaired) electrons. The third-order valence-corrected chi connectivity index (χ3v) is 4.33. The first-order valence-electron chi connectivity index (χ1n) is 4.65. The van der Waals surface area contributed by atoms with E-state index in [0.717, 1.165) is 0 Å². The van der Waals surface area contributed by atoms with E-state index in [-0.39, 0.29) is 17.1 Å². The van der Waals surface area contributed by atoms with E-state index in [9.17, 15) is 13.2 Å². The summed E-state index contributed by atoms with van der Waals surface area (Å²) in [6.45, 7) is 1.56. The van der Waals surface area contributed by atoms with Gasteiger partial charge in [-0.05, 0) is 18.6 Å². The second-order valence-electron chi connectivity index (χ2n) is 3.24. The summed E-state index contributed by atoms with van der Waals surface area (Å²) in [5, 5.41) is -1.58. The van der Waals surface area contributed by atoms with Crippen molar-refractivity contribution >= 4 is 21.4 Å². The van der Waals surface area contributed by atoms with Crippen molar-refractivity contribution in [3.8, 4) is 0 Å². The van der Waals surface area contributed by atoms with Gasteiger partial charge in [0.2, 0.25) is 15.7 Å². The summed E-state index contributed by atoms with van der Waals surface area (Å²) in [6, 6.07) is 2.92. The summed E-state index contributed by atoms with van der Waals surface area (Å²) in [7, 11) is -3.89. The van der Waals surface area contributed by atoms with Crippen LogP contribution in [0.1, 0.15) is 13.3 Å². The van der Waals surface area contributed by atoms with Crippen molar-refractivity contribution in [1.82, 2.24) is 4.98 Å². The second kappa shape index (κ2) is 4.48. The zero-order valence-corrected chi connectivity index (χ0v) is 9.57. The van der Waals surface area contributed by atoms with E-state index in [0.29, 0.717) is 0 Å². The lowest BCUT2D eigenvalue weighted by atomic mass is 10.3. The number of hydrogen-bond acceptors (Lipinski definition) is 5. The van der Waals surface area contributed by atoms with Crippen LogP contribution in [-0.2, 0) is 14.6 Å². The van der Waals surface area contributed by atoms with Crippen molar-refractivity contribution in [2.75, 3.05) is 5.73 Å². The minimum Gasteiger partial charge on any atom is -0.396 e. The first-order valence-corrected chi connectivity index (χ1v) is 6.19. The van der Waals surface area contributed by atoms with Crippen LogP contribution in [0.2, 0.25) is 0 Å². The van der Waals surface area contributed by atoms with Crippen LogP contribution in [0.5, 0.6) is 0 Å². The standard InChI is InChI=1S/C9H13N3O3S/c1-2-7(8(11)13)16(14,15)9-6(10)4-3-5-12-9/h3-5,7H,2,10H2,1H3,(H2,11,13). The highest BCUT2D eigenvalue weighted by Crippen LogP contribution is 2.21. The summed E-state index contributed by atoms with van der Waals surface area (Å²) in [5.74, 6) is -0.896. The molecule has 0 aliphatic heterocycles. The van der Waals surface area contributed by atoms with Crippen molar-refractivity contribution in [3.63, 3.8) is 0 Å². The average Bonchev–Trinajstić information content (AvgIpc) is 2.17. The molecule has 0 fully saturated rings. The molecular formula is C9H13N3O3S. The molecule has 0 saturated carbocycles. The molecule has 0 aliphatic rings. The van der Waals surface area contributed by atoms with Crippen molar-refractivity contribution in [2.24, 2.45) is 5.73 Å². The van der Waals surface area contributed by atoms with Crippen LogP contribution in [-0.4, -0.2) is 24.6 Å². The molecule has 0 aromatic carbocycles. The van der Waals surface area contributed by atoms with Crippen LogP contribution < -0.4 is 11.5 Å². The van der Waals surface area contributed by atoms with Crippen LogP contribution in [0, 0.1) is 0 Å². The highest BCUT2D eigenvalue weighted by Gasteiger charge is 2.33. The number of carbonyl (C=O) groups is 1. The topological polar surface area (TPSA) is 116 Å². The van der Waals surface area contributed by atoms with Crippen LogP contribution in [0.3, 0.4) is 0 Å². The van der Waals surface area contributed by atoms with Crippen molar-refractivity contribution in [3.05, 3.63) is 18.3 Å². The van der Waals surface area contributed by atoms with Gasteiger partial charge in [-0.2, -0.15) is 0 Å². The van der Waals surface area contributed by atoms with E-state index in [4.69, 9.17) is 11.5 Å². The van der Waals surface area contributed by atoms with Crippen LogP contribution in [0.25, 0.3) is 0 Å². The Kier molecular flexibility index (Phi) is 3.48. The normalized spacial score (nSPS) is 13.3. The number of anilines is 1. The first kappa shape index (κ1) is 12.4. The molecule has 0 aliphatic carbocycles. The summed E-state index contributed by atoms with van der Waals surface area (Å²) < 4.78 is 24.0. The number of hydrogen-bond donors (Lipinski definition) is 2. The Balaban J connectivity index is 3.32. The van der Waals surface area contributed by atoms with E-state index in [1.807, 2.05) is 0 Å². The smallest absolute Gasteiger partial charge is 0.236 e. The maximum Gasteiger partial charge on any atom is 0.236 e. The average molecular weight is 243 g/mol. The fourth-order valence-electron chi connectivity index (χ4n) is 1.35. The maximum atomic E-state index is 12.0. The summed E-state index contributed by atoms with van der Waals surface area (Å²) >= 11 is 0. The van der Waals surface area contributed by atoms with Crippen LogP contribution in [0.15, 0.2) is 23.4 Å². The Morgan fingerprint density at radius 3 is 2.62 bits per heavy atom. The number of rotatable bonds is 4. The molecular weight excluding hydrogens is 230 g/mol. The Morgan fingerprint density at radius 2 is 2.19 bits per heavy atom. The fraction of sp³-hybridized carbons (Fsp3) is 0.333. The number of sulfone groups is 1. The number of nitrogens with two attached hydrogens (primary N) is 2. The van der Waals surface area contributed by atoms with Crippen molar-refractivity contribution in [1.29, 1.82) is 0 Å². The molecule has 0 bridgehead atoms. The largest absolute Gasteiger partial charge is 0.396 e. The summed E-state index contributed by atoms with van der Waals surface area (Å²) in [5.41, 5.74) is 10.6. The van der Waals surface area contributed by atoms with Gasteiger partial charge in [-0.25, -0.2) is 13.4 Å². The number of carbonyl (C=O) groups excluding carboxylic acids is 1. The molecule has 1 aromatic rings. The molecule has 7 heteroatoms. The van der Waals surface area contributed by atoms with Gasteiger partial charge in [0.15, 0.2) is 5.03 Å². The third-order valence-electron chi connectivity index (χ3n) is 2.13. The zero-order valence-electron chi connectivity index (χ0n) is 8.75. The van der Waals surface area contributed by atoms with Gasteiger partial charge in [-0.3, -0.25) is 4.79 Å². The fourth-order valence-corrected chi connectivity index (χ4v) is 2.97. The number of primary amides is 1. The Bertz CT molecular complexity index is 498. The van der Waals surface area contributed by atoms with Gasteiger partial charge in [-0.1, -0.05) is 6.92 Å². The Labute approximate surface area is 93.6 Å². The highest BCUT2D eigenvalue weighted by molar-refractivity contribution is 7.92. The predicted octanol–water partition coefficient (Wildman–Crippen LogP) is -0.299. The van der Waals surface area contributed by atoms with Gasteiger partial charge in [0.25, 0.3) is 0 Å². The van der Waals surface area contributed by atoms with Gasteiger partial charge >= 0.3 is 0 Å². The lowest BCUT2D eigenvalue weighted by Gasteiger charge is -2.12. The number of pyridine rings is 1. The number of aromatic nitrogens is 1. The lowest BCUT2D eigenvalue weighted by molar-refractivity contribution is -0.117. The number of nitrogens with zero attached hydrogens (tertiary/aromatic N) is 1. The number of nitrogen functional groups attached to an aromatic ring is 1. The van der Waals surface area contributed by atoms with Gasteiger partial charge < -0.3 is 11.5 Å². The minimum atomic E-state index is -3.89. The summed E-state index contributed by atoms with van der Waals surface area (Å²) in [6.07, 6.45) is 1.39. The van der Waals surface area contributed by atoms with E-state index < -0.39 is 21.0 Å². The van der Waals surface area contributed by atoms with Crippen molar-refractivity contribution < 1.29 is 13.2 Å². The van der Waals surface area contributed by atoms with Crippen LogP contribution >= 0.6 is 0 Å². The zero-order chi connectivity index (χ0) is 12.3. The SMILES string of the molecule is CCC(C(N)=O)S(=O)(=O)c1ncccc1N. The lowest BCUT2D eigenvalue weighted by Crippen LogP contribution is -2.36. The molecule has 1 aromatic heterocycles. The molecule has 4 N–H and O–H groups in total. The molecule has 1 amide bonds. The summed E-state index contributed by atoms with van der Waals surface area (Å²) in [4.78, 5) is 14.7. The molecule has 16 heavy (non-hydrogen) atoms. The number of amides is 1. The second-order valence-corrected chi connectivity index (χ2v) is 5.29. The van der Waals surface area contributed by atoms with Crippen molar-refractivity contribution in [2.45, 2.75) is 23.6 Å². The molecule has 0 spiro atoms. The highest BCUT2D eigenvalue weighted by atomic mass is 32.2. The van der Waals surface area contributed by atoms with Gasteiger partial charge in [0.05, 0.1) is 5.69 Å². The monoisotopic (exact) mass is 243 g/mol. The molecule has 1 atom stereocenters. The Hall–Kier alpha value is -1.63. The molecule has 6 nitrogen and oxygen atoms in total. The Morgan fingerprint density at radius 1 is 1.56 bits per heavy atom. The molecule has 1 rings (SSSR count). The minimum absolute atomic E-state index is 0.0159. The van der Waals surface area contributed by atoms with Gasteiger partial charge in [0.1, 0.15) is 5.25 Å². The van der Waals surface area contributed by atoms with E-state index >= 15 is 0 Å². The predicted molar refractivity (Wildman–Crippen MR) is 59.1 cm³/mol. The van der Waals surface area contributed by atoms with E-state index in [2.05, 4.69) is 4.98 Å². The van der Waals surface area contributed by atoms with E-state index in [1.165, 1.54) is 18.3 Å². The molecule has 1 heterocycles. The van der Waals surface area contributed by atoms with Gasteiger partial charge in [-0.15, -0.1) is 0 Å². The third kappa shape index (κ3) is 2.13. The molecule has 88 valence electrons. The van der Waals surface area contributed by atoms with Crippen LogP contribution in [0.4, 0.5) is 5.69 Å². The van der Waals surface area contributed by atoms with E-state index in [1.54, 1.807) is 6.92 Å². The molecule has 0 saturated heterocycles. The maximum absolute atomic E-state index is 12.0. The first-order chi connectivity index (χ1) is 7.41. The quantitative estimate of drug-likeness (QED) is 0.753. The molecule has 1 unspecified atom stereocenters. The van der Waals surface area contributed by atoms with Gasteiger partial charge in [0, 0.05) is 6.20 Å².